The zero-order chi connectivity index (χ0) is 19.7. The molecule has 0 saturated carbocycles. The first kappa shape index (κ1) is 18.9. The Morgan fingerprint density at radius 1 is 1.26 bits per heavy atom. The molecule has 2 aromatic rings. The maximum absolute atomic E-state index is 14.0. The minimum absolute atomic E-state index is 0.0601. The van der Waals surface area contributed by atoms with Gasteiger partial charge in [0.15, 0.2) is 17.3 Å². The van der Waals surface area contributed by atoms with Gasteiger partial charge in [-0.15, -0.1) is 5.10 Å². The second kappa shape index (κ2) is 7.37. The number of amides is 2. The van der Waals surface area contributed by atoms with E-state index in [-0.39, 0.29) is 36.7 Å². The lowest BCUT2D eigenvalue weighted by Gasteiger charge is -2.24. The Hall–Kier alpha value is -2.91. The van der Waals surface area contributed by atoms with Crippen LogP contribution in [0.1, 0.15) is 27.3 Å². The van der Waals surface area contributed by atoms with Crippen molar-refractivity contribution in [3.05, 3.63) is 47.3 Å². The topological polar surface area (TPSA) is 71.3 Å². The second-order valence-corrected chi connectivity index (χ2v) is 6.60. The number of nitrogens with zero attached hydrogens (tertiary/aromatic N) is 5. The van der Waals surface area contributed by atoms with Crippen LogP contribution in [0.4, 0.5) is 13.2 Å². The van der Waals surface area contributed by atoms with E-state index in [1.54, 1.807) is 14.1 Å². The highest BCUT2D eigenvalue weighted by atomic mass is 19.2. The number of likely N-dealkylation sites (tertiary alicyclic amines) is 1. The molecule has 2 amide bonds. The predicted molar refractivity (Wildman–Crippen MR) is 88.7 cm³/mol. The molecule has 1 aromatic carbocycles. The van der Waals surface area contributed by atoms with Crippen molar-refractivity contribution in [2.45, 2.75) is 25.2 Å². The average molecular weight is 381 g/mol. The van der Waals surface area contributed by atoms with E-state index in [4.69, 9.17) is 0 Å². The van der Waals surface area contributed by atoms with Crippen molar-refractivity contribution in [3.8, 4) is 0 Å². The fraction of sp³-hybridized carbons (Fsp3) is 0.412. The molecule has 7 nitrogen and oxygen atoms in total. The molecule has 27 heavy (non-hydrogen) atoms. The zero-order valence-corrected chi connectivity index (χ0v) is 14.8. The molecule has 2 atom stereocenters. The van der Waals surface area contributed by atoms with Gasteiger partial charge in [-0.1, -0.05) is 5.21 Å². The summed E-state index contributed by atoms with van der Waals surface area (Å²) in [5.41, 5.74) is 0.0725. The van der Waals surface area contributed by atoms with E-state index in [0.29, 0.717) is 0 Å². The molecule has 1 aromatic heterocycles. The molecular formula is C17H18F3N5O2. The molecule has 1 aliphatic heterocycles. The Labute approximate surface area is 153 Å². The monoisotopic (exact) mass is 381 g/mol. The molecule has 0 N–H and O–H groups in total. The second-order valence-electron chi connectivity index (χ2n) is 6.60. The van der Waals surface area contributed by atoms with Crippen molar-refractivity contribution in [3.63, 3.8) is 0 Å². The summed E-state index contributed by atoms with van der Waals surface area (Å²) in [5, 5.41) is 7.63. The van der Waals surface area contributed by atoms with Crippen molar-refractivity contribution < 1.29 is 22.8 Å². The van der Waals surface area contributed by atoms with Crippen LogP contribution in [-0.2, 0) is 6.54 Å². The lowest BCUT2D eigenvalue weighted by molar-refractivity contribution is 0.0713. The summed E-state index contributed by atoms with van der Waals surface area (Å²) in [7, 11) is 3.16. The van der Waals surface area contributed by atoms with Crippen LogP contribution < -0.4 is 0 Å². The zero-order valence-electron chi connectivity index (χ0n) is 14.8. The van der Waals surface area contributed by atoms with Gasteiger partial charge in [0.2, 0.25) is 0 Å². The molecule has 0 aliphatic carbocycles. The summed E-state index contributed by atoms with van der Waals surface area (Å²) in [6.07, 6.45) is 0.260. The summed E-state index contributed by atoms with van der Waals surface area (Å²) < 4.78 is 41.8. The molecule has 0 unspecified atom stereocenters. The normalized spacial score (nSPS) is 19.4. The number of hydrogen-bond donors (Lipinski definition) is 0. The van der Waals surface area contributed by atoms with Crippen molar-refractivity contribution in [1.82, 2.24) is 24.8 Å². The fourth-order valence-electron chi connectivity index (χ4n) is 3.01. The van der Waals surface area contributed by atoms with Crippen LogP contribution >= 0.6 is 0 Å². The molecule has 3 rings (SSSR count). The molecule has 2 heterocycles. The SMILES string of the molecule is CN(C)C(=O)c1cn(C[C@@H]2C[C@H](F)CN2C(=O)c2ccc(F)c(F)c2)nn1. The van der Waals surface area contributed by atoms with E-state index < -0.39 is 29.8 Å². The number of alkyl halides is 1. The quantitative estimate of drug-likeness (QED) is 0.805. The van der Waals surface area contributed by atoms with E-state index in [1.807, 2.05) is 0 Å². The van der Waals surface area contributed by atoms with Gasteiger partial charge in [-0.3, -0.25) is 9.59 Å². The van der Waals surface area contributed by atoms with E-state index in [0.717, 1.165) is 18.2 Å². The van der Waals surface area contributed by atoms with Gasteiger partial charge in [0.25, 0.3) is 11.8 Å². The highest BCUT2D eigenvalue weighted by Gasteiger charge is 2.36. The number of carbonyl (C=O) groups excluding carboxylic acids is 2. The van der Waals surface area contributed by atoms with Gasteiger partial charge in [0, 0.05) is 26.1 Å². The average Bonchev–Trinajstić information content (AvgIpc) is 3.23. The minimum Gasteiger partial charge on any atom is -0.343 e. The first-order valence-corrected chi connectivity index (χ1v) is 8.28. The third kappa shape index (κ3) is 3.93. The van der Waals surface area contributed by atoms with E-state index >= 15 is 0 Å². The van der Waals surface area contributed by atoms with Crippen LogP contribution in [0.5, 0.6) is 0 Å². The van der Waals surface area contributed by atoms with Crippen LogP contribution in [-0.4, -0.2) is 69.5 Å². The first-order chi connectivity index (χ1) is 12.8. The fourth-order valence-corrected chi connectivity index (χ4v) is 3.01. The van der Waals surface area contributed by atoms with E-state index in [2.05, 4.69) is 10.3 Å². The largest absolute Gasteiger partial charge is 0.343 e. The number of carbonyl (C=O) groups is 2. The molecule has 1 aliphatic rings. The van der Waals surface area contributed by atoms with Gasteiger partial charge in [-0.25, -0.2) is 17.9 Å². The van der Waals surface area contributed by atoms with Gasteiger partial charge in [-0.05, 0) is 18.2 Å². The third-order valence-corrected chi connectivity index (χ3v) is 4.35. The minimum atomic E-state index is -1.24. The number of halogens is 3. The van der Waals surface area contributed by atoms with Crippen LogP contribution in [0, 0.1) is 11.6 Å². The van der Waals surface area contributed by atoms with Crippen LogP contribution in [0.15, 0.2) is 24.4 Å². The van der Waals surface area contributed by atoms with E-state index in [1.165, 1.54) is 20.7 Å². The van der Waals surface area contributed by atoms with Crippen molar-refractivity contribution in [2.24, 2.45) is 0 Å². The van der Waals surface area contributed by atoms with Crippen molar-refractivity contribution >= 4 is 11.8 Å². The van der Waals surface area contributed by atoms with E-state index in [9.17, 15) is 22.8 Å². The first-order valence-electron chi connectivity index (χ1n) is 8.28. The highest BCUT2D eigenvalue weighted by Crippen LogP contribution is 2.24. The predicted octanol–water partition coefficient (Wildman–Crippen LogP) is 1.51. The summed E-state index contributed by atoms with van der Waals surface area (Å²) in [6.45, 7) is -0.0236. The van der Waals surface area contributed by atoms with Crippen LogP contribution in [0.3, 0.4) is 0 Å². The molecule has 144 valence electrons. The number of hydrogen-bond acceptors (Lipinski definition) is 4. The maximum atomic E-state index is 14.0. The van der Waals surface area contributed by atoms with Crippen LogP contribution in [0.2, 0.25) is 0 Å². The Balaban J connectivity index is 1.77. The Morgan fingerprint density at radius 2 is 2.00 bits per heavy atom. The molecule has 1 fully saturated rings. The summed E-state index contributed by atoms with van der Waals surface area (Å²) in [5.74, 6) is -3.13. The molecule has 1 saturated heterocycles. The van der Waals surface area contributed by atoms with Gasteiger partial charge >= 0.3 is 0 Å². The smallest absolute Gasteiger partial charge is 0.275 e. The summed E-state index contributed by atoms with van der Waals surface area (Å²) in [6, 6.07) is 2.26. The molecule has 0 spiro atoms. The van der Waals surface area contributed by atoms with Gasteiger partial charge < -0.3 is 9.80 Å². The number of rotatable bonds is 4. The van der Waals surface area contributed by atoms with Gasteiger partial charge in [-0.2, -0.15) is 0 Å². The Kier molecular flexibility index (Phi) is 5.15. The molecule has 0 bridgehead atoms. The van der Waals surface area contributed by atoms with Crippen molar-refractivity contribution in [2.75, 3.05) is 20.6 Å². The highest BCUT2D eigenvalue weighted by molar-refractivity contribution is 5.94. The standard InChI is InChI=1S/C17H18F3N5O2/c1-23(2)17(27)15-9-24(22-21-15)8-12-6-11(18)7-25(12)16(26)10-3-4-13(19)14(20)5-10/h3-5,9,11-12H,6-8H2,1-2H3/t11-,12-/m0/s1. The lowest BCUT2D eigenvalue weighted by atomic mass is 10.1. The van der Waals surface area contributed by atoms with Gasteiger partial charge in [0.05, 0.1) is 25.3 Å². The third-order valence-electron chi connectivity index (χ3n) is 4.35. The summed E-state index contributed by atoms with van der Waals surface area (Å²) in [4.78, 5) is 27.1. The van der Waals surface area contributed by atoms with Crippen molar-refractivity contribution in [1.29, 1.82) is 0 Å². The van der Waals surface area contributed by atoms with Crippen LogP contribution in [0.25, 0.3) is 0 Å². The summed E-state index contributed by atoms with van der Waals surface area (Å²) >= 11 is 0. The number of benzene rings is 1. The molecule has 0 radical (unpaired) electrons. The maximum Gasteiger partial charge on any atom is 0.275 e. The number of aromatic nitrogens is 3. The molecular weight excluding hydrogens is 363 g/mol. The molecule has 10 heteroatoms. The Bertz CT molecular complexity index is 870. The van der Waals surface area contributed by atoms with Gasteiger partial charge in [0.1, 0.15) is 6.17 Å². The lowest BCUT2D eigenvalue weighted by Crippen LogP contribution is -2.38. The Morgan fingerprint density at radius 3 is 2.67 bits per heavy atom.